The van der Waals surface area contributed by atoms with Crippen molar-refractivity contribution in [1.29, 1.82) is 0 Å². The van der Waals surface area contributed by atoms with Gasteiger partial charge in [0.15, 0.2) is 11.5 Å². The van der Waals surface area contributed by atoms with Crippen LogP contribution in [0.5, 0.6) is 0 Å². The minimum absolute atomic E-state index is 0.0266. The largest absolute Gasteiger partial charge is 0.459 e. The van der Waals surface area contributed by atoms with Crippen LogP contribution in [0.25, 0.3) is 11.0 Å². The standard InChI is InChI=1S/C24H33F3N8O3/c1-15(2)34(6)23-30-18-19(22(36)38-12-9-33(4)5)32-35(10-11-37-14-24(25,26)27)20(18)21(31-23)29-17-13-16(3)7-8-28-17/h7-8,13,15H,9-12,14H2,1-6H3,(H,28,29,30,31). The monoisotopic (exact) mass is 538 g/mol. The van der Waals surface area contributed by atoms with Gasteiger partial charge in [0.1, 0.15) is 30.1 Å². The smallest absolute Gasteiger partial charge is 0.411 e. The van der Waals surface area contributed by atoms with Gasteiger partial charge in [-0.05, 0) is 52.6 Å². The van der Waals surface area contributed by atoms with Crippen LogP contribution in [0.3, 0.4) is 0 Å². The fourth-order valence-corrected chi connectivity index (χ4v) is 3.30. The molecule has 0 radical (unpaired) electrons. The molecule has 0 saturated carbocycles. The second kappa shape index (κ2) is 12.3. The van der Waals surface area contributed by atoms with Crippen LogP contribution in [0.15, 0.2) is 18.3 Å². The maximum atomic E-state index is 13.0. The van der Waals surface area contributed by atoms with Gasteiger partial charge in [-0.1, -0.05) is 0 Å². The van der Waals surface area contributed by atoms with Gasteiger partial charge in [0, 0.05) is 25.8 Å². The summed E-state index contributed by atoms with van der Waals surface area (Å²) in [5.74, 6) is 0.381. The molecule has 0 fully saturated rings. The Kier molecular flexibility index (Phi) is 9.44. The number of likely N-dealkylation sites (N-methyl/N-ethyl adjacent to an activating group) is 1. The molecular weight excluding hydrogens is 505 g/mol. The molecule has 0 bridgehead atoms. The number of esters is 1. The molecule has 3 heterocycles. The molecule has 0 unspecified atom stereocenters. The Bertz CT molecular complexity index is 1250. The van der Waals surface area contributed by atoms with Crippen molar-refractivity contribution in [2.75, 3.05) is 57.7 Å². The van der Waals surface area contributed by atoms with Crippen LogP contribution >= 0.6 is 0 Å². The fraction of sp³-hybridized carbons (Fsp3) is 0.542. The molecule has 38 heavy (non-hydrogen) atoms. The molecule has 3 aromatic rings. The Morgan fingerprint density at radius 2 is 1.92 bits per heavy atom. The van der Waals surface area contributed by atoms with Crippen molar-refractivity contribution in [2.45, 2.75) is 39.5 Å². The zero-order chi connectivity index (χ0) is 28.0. The van der Waals surface area contributed by atoms with E-state index in [4.69, 9.17) is 9.47 Å². The lowest BCUT2D eigenvalue weighted by Gasteiger charge is -2.22. The molecule has 0 aromatic carbocycles. The van der Waals surface area contributed by atoms with Crippen LogP contribution in [-0.4, -0.2) is 95.3 Å². The van der Waals surface area contributed by atoms with Gasteiger partial charge in [0.05, 0.1) is 13.2 Å². The Labute approximate surface area is 219 Å². The number of ether oxygens (including phenoxy) is 2. The predicted molar refractivity (Wildman–Crippen MR) is 137 cm³/mol. The molecule has 0 aliphatic rings. The number of nitrogens with one attached hydrogen (secondary N) is 1. The molecule has 3 aromatic heterocycles. The van der Waals surface area contributed by atoms with E-state index < -0.39 is 18.8 Å². The first-order chi connectivity index (χ1) is 17.9. The van der Waals surface area contributed by atoms with Crippen LogP contribution in [-0.2, 0) is 16.0 Å². The molecule has 3 rings (SSSR count). The van der Waals surface area contributed by atoms with Crippen molar-refractivity contribution in [3.05, 3.63) is 29.6 Å². The van der Waals surface area contributed by atoms with E-state index in [1.165, 1.54) is 4.68 Å². The van der Waals surface area contributed by atoms with Gasteiger partial charge >= 0.3 is 12.1 Å². The third-order valence-electron chi connectivity index (χ3n) is 5.51. The van der Waals surface area contributed by atoms with Crippen molar-refractivity contribution in [1.82, 2.24) is 29.6 Å². The summed E-state index contributed by atoms with van der Waals surface area (Å²) in [4.78, 5) is 30.3. The number of carbonyl (C=O) groups is 1. The number of aryl methyl sites for hydroxylation is 1. The molecule has 14 heteroatoms. The topological polar surface area (TPSA) is 111 Å². The van der Waals surface area contributed by atoms with Gasteiger partial charge in [-0.25, -0.2) is 14.8 Å². The average Bonchev–Trinajstić information content (AvgIpc) is 3.19. The number of hydrogen-bond donors (Lipinski definition) is 1. The molecule has 0 saturated heterocycles. The number of anilines is 3. The second-order valence-electron chi connectivity index (χ2n) is 9.30. The van der Waals surface area contributed by atoms with Gasteiger partial charge in [-0.3, -0.25) is 4.68 Å². The van der Waals surface area contributed by atoms with Crippen molar-refractivity contribution in [2.24, 2.45) is 0 Å². The lowest BCUT2D eigenvalue weighted by Crippen LogP contribution is -2.28. The summed E-state index contributed by atoms with van der Waals surface area (Å²) in [5, 5.41) is 7.53. The fourth-order valence-electron chi connectivity index (χ4n) is 3.30. The first kappa shape index (κ1) is 29.0. The molecule has 0 aliphatic heterocycles. The highest BCUT2D eigenvalue weighted by Gasteiger charge is 2.28. The Balaban J connectivity index is 2.11. The van der Waals surface area contributed by atoms with Crippen LogP contribution in [0, 0.1) is 6.92 Å². The van der Waals surface area contributed by atoms with E-state index in [0.29, 0.717) is 23.8 Å². The number of hydrogen-bond acceptors (Lipinski definition) is 10. The van der Waals surface area contributed by atoms with E-state index in [1.54, 1.807) is 6.20 Å². The molecular formula is C24H33F3N8O3. The van der Waals surface area contributed by atoms with Crippen molar-refractivity contribution >= 4 is 34.6 Å². The number of aromatic nitrogens is 5. The Morgan fingerprint density at radius 3 is 2.55 bits per heavy atom. The highest BCUT2D eigenvalue weighted by Crippen LogP contribution is 2.29. The summed E-state index contributed by atoms with van der Waals surface area (Å²) in [6.07, 6.45) is -2.83. The molecule has 0 aliphatic carbocycles. The quantitative estimate of drug-likeness (QED) is 0.272. The van der Waals surface area contributed by atoms with E-state index in [-0.39, 0.29) is 42.8 Å². The van der Waals surface area contributed by atoms with E-state index >= 15 is 0 Å². The zero-order valence-corrected chi connectivity index (χ0v) is 22.3. The SMILES string of the molecule is Cc1ccnc(Nc2nc(N(C)C(C)C)nc3c(C(=O)OCCN(C)C)nn(CCOCC(F)(F)F)c23)c1. The van der Waals surface area contributed by atoms with Gasteiger partial charge in [0.25, 0.3) is 0 Å². The summed E-state index contributed by atoms with van der Waals surface area (Å²) < 4.78 is 49.3. The highest BCUT2D eigenvalue weighted by atomic mass is 19.4. The van der Waals surface area contributed by atoms with Gasteiger partial charge in [-0.15, -0.1) is 0 Å². The van der Waals surface area contributed by atoms with Crippen LogP contribution in [0.4, 0.5) is 30.8 Å². The van der Waals surface area contributed by atoms with Crippen LogP contribution < -0.4 is 10.2 Å². The number of nitrogens with zero attached hydrogens (tertiary/aromatic N) is 7. The van der Waals surface area contributed by atoms with Gasteiger partial charge < -0.3 is 24.6 Å². The predicted octanol–water partition coefficient (Wildman–Crippen LogP) is 3.42. The van der Waals surface area contributed by atoms with Crippen LogP contribution in [0.2, 0.25) is 0 Å². The Morgan fingerprint density at radius 1 is 1.18 bits per heavy atom. The number of pyridine rings is 1. The van der Waals surface area contributed by atoms with Crippen LogP contribution in [0.1, 0.15) is 29.9 Å². The number of alkyl halides is 3. The second-order valence-corrected chi connectivity index (χ2v) is 9.30. The summed E-state index contributed by atoms with van der Waals surface area (Å²) in [6, 6.07) is 3.67. The highest BCUT2D eigenvalue weighted by molar-refractivity contribution is 6.03. The molecule has 1 N–H and O–H groups in total. The molecule has 0 spiro atoms. The molecule has 11 nitrogen and oxygen atoms in total. The number of carbonyl (C=O) groups excluding carboxylic acids is 1. The third-order valence-corrected chi connectivity index (χ3v) is 5.51. The minimum Gasteiger partial charge on any atom is -0.459 e. The number of halogens is 3. The van der Waals surface area contributed by atoms with Gasteiger partial charge in [0.2, 0.25) is 5.95 Å². The average molecular weight is 539 g/mol. The molecule has 0 amide bonds. The number of fused-ring (bicyclic) bond motifs is 1. The summed E-state index contributed by atoms with van der Waals surface area (Å²) in [6.45, 7) is 4.65. The lowest BCUT2D eigenvalue weighted by atomic mass is 10.3. The first-order valence-electron chi connectivity index (χ1n) is 12.0. The van der Waals surface area contributed by atoms with Gasteiger partial charge in [-0.2, -0.15) is 23.3 Å². The summed E-state index contributed by atoms with van der Waals surface area (Å²) >= 11 is 0. The third kappa shape index (κ3) is 7.74. The maximum Gasteiger partial charge on any atom is 0.411 e. The van der Waals surface area contributed by atoms with E-state index in [1.807, 2.05) is 63.8 Å². The lowest BCUT2D eigenvalue weighted by molar-refractivity contribution is -0.174. The maximum absolute atomic E-state index is 13.0. The van der Waals surface area contributed by atoms with Crippen molar-refractivity contribution in [3.63, 3.8) is 0 Å². The minimum atomic E-state index is -4.46. The van der Waals surface area contributed by atoms with E-state index in [9.17, 15) is 18.0 Å². The molecule has 208 valence electrons. The zero-order valence-electron chi connectivity index (χ0n) is 22.3. The Hall–Kier alpha value is -3.52. The summed E-state index contributed by atoms with van der Waals surface area (Å²) in [5.41, 5.74) is 1.38. The normalized spacial score (nSPS) is 12.0. The molecule has 0 atom stereocenters. The van der Waals surface area contributed by atoms with Crippen molar-refractivity contribution in [3.8, 4) is 0 Å². The summed E-state index contributed by atoms with van der Waals surface area (Å²) in [7, 11) is 5.50. The van der Waals surface area contributed by atoms with E-state index in [2.05, 4.69) is 25.4 Å². The van der Waals surface area contributed by atoms with E-state index in [0.717, 1.165) is 5.56 Å². The van der Waals surface area contributed by atoms with Crippen molar-refractivity contribution < 1.29 is 27.4 Å². The first-order valence-corrected chi connectivity index (χ1v) is 12.0. The number of rotatable bonds is 12.